The summed E-state index contributed by atoms with van der Waals surface area (Å²) >= 11 is 0. The second-order valence-corrected chi connectivity index (χ2v) is 3.56. The number of benzene rings is 2. The van der Waals surface area contributed by atoms with E-state index >= 15 is 0 Å². The second kappa shape index (κ2) is 4.43. The highest BCUT2D eigenvalue weighted by Gasteiger charge is 1.98. The Kier molecular flexibility index (Phi) is 2.99. The monoisotopic (exact) mass is 202 g/mol. The highest BCUT2D eigenvalue weighted by Crippen LogP contribution is 2.19. The van der Waals surface area contributed by atoms with Crippen molar-refractivity contribution in [1.82, 2.24) is 0 Å². The van der Waals surface area contributed by atoms with Crippen molar-refractivity contribution in [2.75, 3.05) is 7.11 Å². The van der Waals surface area contributed by atoms with Crippen LogP contribution < -0.4 is 0 Å². The smallest absolute Gasteiger partial charge is 0.107 e. The lowest BCUT2D eigenvalue weighted by Gasteiger charge is -2.05. The lowest BCUT2D eigenvalue weighted by atomic mass is 10.0. The fraction of sp³-hybridized carbons (Fsp3) is 0.231. The Balaban J connectivity index is 2.39. The van der Waals surface area contributed by atoms with Gasteiger partial charge in [-0.05, 0) is 34.9 Å². The molecule has 2 aromatic carbocycles. The molecule has 0 fully saturated rings. The normalized spacial score (nSPS) is 10.8. The minimum Gasteiger partial charge on any atom is -0.240 e. The fourth-order valence-electron chi connectivity index (χ4n) is 1.71. The Morgan fingerprint density at radius 2 is 2.00 bits per heavy atom. The van der Waals surface area contributed by atoms with Gasteiger partial charge in [0, 0.05) is 0 Å². The van der Waals surface area contributed by atoms with Crippen molar-refractivity contribution in [3.63, 3.8) is 0 Å². The van der Waals surface area contributed by atoms with Crippen LogP contribution in [0.1, 0.15) is 11.1 Å². The molecule has 0 bridgehead atoms. The van der Waals surface area contributed by atoms with E-state index < -0.39 is 0 Å². The van der Waals surface area contributed by atoms with Crippen LogP contribution in [0.25, 0.3) is 10.8 Å². The lowest BCUT2D eigenvalue weighted by molar-refractivity contribution is -0.282. The van der Waals surface area contributed by atoms with Crippen molar-refractivity contribution < 1.29 is 9.78 Å². The topological polar surface area (TPSA) is 18.5 Å². The molecular formula is C13H14O2. The van der Waals surface area contributed by atoms with Gasteiger partial charge < -0.3 is 0 Å². The molecule has 15 heavy (non-hydrogen) atoms. The Labute approximate surface area is 89.4 Å². The van der Waals surface area contributed by atoms with Crippen LogP contribution in [0, 0.1) is 6.92 Å². The van der Waals surface area contributed by atoms with Crippen LogP contribution in [-0.4, -0.2) is 7.11 Å². The molecule has 2 heteroatoms. The quantitative estimate of drug-likeness (QED) is 0.562. The van der Waals surface area contributed by atoms with Crippen LogP contribution in [0.2, 0.25) is 0 Å². The molecule has 78 valence electrons. The molecule has 2 nitrogen and oxygen atoms in total. The molecule has 2 aromatic rings. The van der Waals surface area contributed by atoms with Gasteiger partial charge in [-0.15, -0.1) is 0 Å². The standard InChI is InChI=1S/C13H14O2/c1-10-4-3-5-12-8-11(9-15-14-2)6-7-13(10)12/h3-8H,9H2,1-2H3. The average molecular weight is 202 g/mol. The molecule has 0 saturated carbocycles. The van der Waals surface area contributed by atoms with E-state index in [1.54, 1.807) is 0 Å². The third-order valence-electron chi connectivity index (χ3n) is 2.51. The molecular weight excluding hydrogens is 188 g/mol. The molecule has 2 rings (SSSR count). The van der Waals surface area contributed by atoms with E-state index in [2.05, 4.69) is 48.2 Å². The maximum atomic E-state index is 4.90. The number of rotatable bonds is 3. The minimum absolute atomic E-state index is 0.486. The summed E-state index contributed by atoms with van der Waals surface area (Å²) in [5, 5.41) is 2.53. The molecule has 0 atom stereocenters. The first-order valence-corrected chi connectivity index (χ1v) is 4.95. The summed E-state index contributed by atoms with van der Waals surface area (Å²) in [6.07, 6.45) is 0. The molecule has 0 spiro atoms. The molecule has 0 saturated heterocycles. The van der Waals surface area contributed by atoms with Crippen LogP contribution in [0.15, 0.2) is 36.4 Å². The SMILES string of the molecule is COOCc1ccc2c(C)cccc2c1. The average Bonchev–Trinajstić information content (AvgIpc) is 2.26. The van der Waals surface area contributed by atoms with Gasteiger partial charge >= 0.3 is 0 Å². The van der Waals surface area contributed by atoms with Crippen molar-refractivity contribution in [1.29, 1.82) is 0 Å². The molecule has 0 aromatic heterocycles. The summed E-state index contributed by atoms with van der Waals surface area (Å²) in [4.78, 5) is 9.48. The van der Waals surface area contributed by atoms with Gasteiger partial charge in [0.1, 0.15) is 6.61 Å². The summed E-state index contributed by atoms with van der Waals surface area (Å²) in [6.45, 7) is 2.61. The van der Waals surface area contributed by atoms with E-state index in [9.17, 15) is 0 Å². The predicted octanol–water partition coefficient (Wildman–Crippen LogP) is 3.23. The zero-order valence-electron chi connectivity index (χ0n) is 8.99. The van der Waals surface area contributed by atoms with Gasteiger partial charge in [0.05, 0.1) is 7.11 Å². The van der Waals surface area contributed by atoms with Crippen LogP contribution in [0.5, 0.6) is 0 Å². The van der Waals surface area contributed by atoms with Crippen LogP contribution >= 0.6 is 0 Å². The van der Waals surface area contributed by atoms with Crippen molar-refractivity contribution >= 4 is 10.8 Å². The Bertz CT molecular complexity index is 463. The predicted molar refractivity (Wildman–Crippen MR) is 60.5 cm³/mol. The highest BCUT2D eigenvalue weighted by molar-refractivity contribution is 5.86. The number of aryl methyl sites for hydroxylation is 1. The number of fused-ring (bicyclic) bond motifs is 1. The number of hydrogen-bond donors (Lipinski definition) is 0. The molecule has 0 aliphatic carbocycles. The van der Waals surface area contributed by atoms with Crippen molar-refractivity contribution in [2.24, 2.45) is 0 Å². The van der Waals surface area contributed by atoms with E-state index in [0.717, 1.165) is 5.56 Å². The van der Waals surface area contributed by atoms with Gasteiger partial charge in [-0.1, -0.05) is 30.3 Å². The van der Waals surface area contributed by atoms with Gasteiger partial charge in [0.25, 0.3) is 0 Å². The molecule has 0 unspecified atom stereocenters. The minimum atomic E-state index is 0.486. The van der Waals surface area contributed by atoms with E-state index in [-0.39, 0.29) is 0 Å². The molecule has 0 aliphatic rings. The highest BCUT2D eigenvalue weighted by atomic mass is 17.2. The third kappa shape index (κ3) is 2.17. The fourth-order valence-corrected chi connectivity index (χ4v) is 1.71. The van der Waals surface area contributed by atoms with E-state index in [0.29, 0.717) is 6.61 Å². The van der Waals surface area contributed by atoms with Gasteiger partial charge in [0.15, 0.2) is 0 Å². The summed E-state index contributed by atoms with van der Waals surface area (Å²) in [6, 6.07) is 12.6. The molecule has 0 radical (unpaired) electrons. The maximum absolute atomic E-state index is 4.90. The van der Waals surface area contributed by atoms with Gasteiger partial charge in [-0.2, -0.15) is 0 Å². The van der Waals surface area contributed by atoms with Gasteiger partial charge in [-0.25, -0.2) is 9.78 Å². The molecule has 0 aliphatic heterocycles. The third-order valence-corrected chi connectivity index (χ3v) is 2.51. The van der Waals surface area contributed by atoms with Crippen molar-refractivity contribution in [2.45, 2.75) is 13.5 Å². The first-order valence-electron chi connectivity index (χ1n) is 4.95. The van der Waals surface area contributed by atoms with E-state index in [1.807, 2.05) is 0 Å². The first kappa shape index (κ1) is 10.1. The van der Waals surface area contributed by atoms with Gasteiger partial charge in [0.2, 0.25) is 0 Å². The van der Waals surface area contributed by atoms with Crippen LogP contribution in [0.3, 0.4) is 0 Å². The molecule has 0 N–H and O–H groups in total. The summed E-state index contributed by atoms with van der Waals surface area (Å²) in [5.41, 5.74) is 2.42. The number of hydrogen-bond acceptors (Lipinski definition) is 2. The van der Waals surface area contributed by atoms with Crippen LogP contribution in [0.4, 0.5) is 0 Å². The summed E-state index contributed by atoms with van der Waals surface area (Å²) in [7, 11) is 1.52. The summed E-state index contributed by atoms with van der Waals surface area (Å²) in [5.74, 6) is 0. The Morgan fingerprint density at radius 1 is 1.13 bits per heavy atom. The van der Waals surface area contributed by atoms with E-state index in [4.69, 9.17) is 4.89 Å². The van der Waals surface area contributed by atoms with E-state index in [1.165, 1.54) is 23.4 Å². The van der Waals surface area contributed by atoms with Crippen LogP contribution in [-0.2, 0) is 16.4 Å². The zero-order valence-corrected chi connectivity index (χ0v) is 8.99. The first-order chi connectivity index (χ1) is 7.31. The second-order valence-electron chi connectivity index (χ2n) is 3.56. The van der Waals surface area contributed by atoms with Gasteiger partial charge in [-0.3, -0.25) is 0 Å². The van der Waals surface area contributed by atoms with Crippen molar-refractivity contribution in [3.8, 4) is 0 Å². The largest absolute Gasteiger partial charge is 0.240 e. The Morgan fingerprint density at radius 3 is 2.80 bits per heavy atom. The van der Waals surface area contributed by atoms with Crippen molar-refractivity contribution in [3.05, 3.63) is 47.5 Å². The Hall–Kier alpha value is -1.38. The molecule has 0 amide bonds. The summed E-state index contributed by atoms with van der Waals surface area (Å²) < 4.78 is 0. The lowest BCUT2D eigenvalue weighted by Crippen LogP contribution is -1.91. The maximum Gasteiger partial charge on any atom is 0.107 e. The zero-order chi connectivity index (χ0) is 10.7. The molecule has 0 heterocycles.